The molecule has 0 spiro atoms. The minimum Gasteiger partial charge on any atom is -0.467 e. The standard InChI is InChI=1S/2C8H10.2C7H9N.C6H8O.2C6H8S.C5H8N2.2C5H7NS/c1-7-3-5-8(2)6-4-7;1-7-4-3-5-8(2)6-7;2*1-6-3-4-7(2)8-5-6;1-5-3-4-6(2)7-5;1-5-3-6(2)7-4-5;1-5-3-4-6(2)7-5;1-4-3-5(2)7-6-4;1-4-3-7-5(2)6-4;1-4-3-6-5(2)7-4/h2*3-6H,1-2H3;2*3-5H,1-2H3;3*3-4H,1-2H3;3H,1-2H3,(H,6,7);2*3H,1-2H3. The number of nitrogens with one attached hydrogen (secondary N) is 1. The van der Waals surface area contributed by atoms with Crippen molar-refractivity contribution in [2.45, 2.75) is 138 Å². The van der Waals surface area contributed by atoms with Gasteiger partial charge in [0.15, 0.2) is 0 Å². The van der Waals surface area contributed by atoms with Crippen LogP contribution in [0.1, 0.15) is 108 Å². The summed E-state index contributed by atoms with van der Waals surface area (Å²) in [5.41, 5.74) is 14.6. The van der Waals surface area contributed by atoms with E-state index in [-0.39, 0.29) is 0 Å². The van der Waals surface area contributed by atoms with Gasteiger partial charge in [-0.1, -0.05) is 82.9 Å². The van der Waals surface area contributed by atoms with Gasteiger partial charge in [0.1, 0.15) is 11.5 Å². The van der Waals surface area contributed by atoms with E-state index < -0.39 is 0 Å². The van der Waals surface area contributed by atoms with Gasteiger partial charge in [0.2, 0.25) is 0 Å². The summed E-state index contributed by atoms with van der Waals surface area (Å²) >= 11 is 7.07. The molecule has 7 nitrogen and oxygen atoms in total. The molecule has 0 fully saturated rings. The molecule has 8 aromatic heterocycles. The lowest BCUT2D eigenvalue weighted by molar-refractivity contribution is 0.504. The molecule has 10 aromatic rings. The first-order valence-corrected chi connectivity index (χ1v) is 28.0. The predicted octanol–water partition coefficient (Wildman–Crippen LogP) is 19.2. The Hall–Kier alpha value is -6.11. The Morgan fingerprint density at radius 3 is 1.03 bits per heavy atom. The molecule has 74 heavy (non-hydrogen) atoms. The van der Waals surface area contributed by atoms with Crippen molar-refractivity contribution in [3.8, 4) is 0 Å². The summed E-state index contributed by atoms with van der Waals surface area (Å²) in [5, 5.41) is 13.2. The lowest BCUT2D eigenvalue weighted by atomic mass is 10.2. The first kappa shape index (κ1) is 65.9. The lowest BCUT2D eigenvalue weighted by Crippen LogP contribution is -1.78. The summed E-state index contributed by atoms with van der Waals surface area (Å²) in [6, 6.07) is 37.4. The van der Waals surface area contributed by atoms with Gasteiger partial charge in [-0.15, -0.1) is 45.3 Å². The third kappa shape index (κ3) is 35.9. The fraction of sp³-hybridized carbons (Fsp3) is 0.317. The summed E-state index contributed by atoms with van der Waals surface area (Å²) < 4.78 is 5.08. The van der Waals surface area contributed by atoms with Gasteiger partial charge < -0.3 is 4.42 Å². The van der Waals surface area contributed by atoms with Crippen molar-refractivity contribution in [2.75, 3.05) is 0 Å². The number of thiophene rings is 2. The van der Waals surface area contributed by atoms with Crippen LogP contribution in [0.5, 0.6) is 0 Å². The van der Waals surface area contributed by atoms with Crippen LogP contribution in [-0.2, 0) is 0 Å². The maximum Gasteiger partial charge on any atom is 0.101 e. The summed E-state index contributed by atoms with van der Waals surface area (Å²) in [6.07, 6.45) is 5.63. The first-order valence-electron chi connectivity index (χ1n) is 24.6. The molecule has 396 valence electrons. The van der Waals surface area contributed by atoms with Gasteiger partial charge in [-0.25, -0.2) is 9.97 Å². The fourth-order valence-corrected chi connectivity index (χ4v) is 8.45. The van der Waals surface area contributed by atoms with Gasteiger partial charge in [0, 0.05) is 66.3 Å². The number of H-pyrrole nitrogens is 1. The number of aryl methyl sites for hydroxylation is 20. The third-order valence-corrected chi connectivity index (χ3v) is 13.0. The normalized spacial score (nSPS) is 9.35. The quantitative estimate of drug-likeness (QED) is 0.163. The molecule has 0 atom stereocenters. The number of hydrogen-bond donors (Lipinski definition) is 1. The largest absolute Gasteiger partial charge is 0.467 e. The van der Waals surface area contributed by atoms with Gasteiger partial charge in [0.05, 0.1) is 15.7 Å². The molecular weight excluding hydrogens is 985 g/mol. The van der Waals surface area contributed by atoms with Crippen molar-refractivity contribution >= 4 is 45.3 Å². The molecular formula is C63H84N6OS4. The topological polar surface area (TPSA) is 93.4 Å². The van der Waals surface area contributed by atoms with Crippen molar-refractivity contribution in [2.24, 2.45) is 0 Å². The summed E-state index contributed by atoms with van der Waals surface area (Å²) in [6.45, 7) is 40.8. The van der Waals surface area contributed by atoms with E-state index in [9.17, 15) is 0 Å². The summed E-state index contributed by atoms with van der Waals surface area (Å²) in [4.78, 5) is 21.8. The minimum atomic E-state index is 0.984. The Balaban J connectivity index is 0.000000411. The van der Waals surface area contributed by atoms with Crippen LogP contribution in [-0.4, -0.2) is 30.1 Å². The maximum absolute atomic E-state index is 5.08. The van der Waals surface area contributed by atoms with Crippen LogP contribution < -0.4 is 0 Å². The first-order chi connectivity index (χ1) is 34.9. The Labute approximate surface area is 462 Å². The third-order valence-electron chi connectivity index (χ3n) is 9.43. The monoisotopic (exact) mass is 1070 g/mol. The van der Waals surface area contributed by atoms with Crippen molar-refractivity contribution in [3.63, 3.8) is 0 Å². The SMILES string of the molecule is Cc1cc(C)[nH]n1.Cc1ccc(C)cc1.Cc1ccc(C)nc1.Cc1ccc(C)nc1.Cc1ccc(C)o1.Cc1ccc(C)s1.Cc1cccc(C)c1.Cc1cnc(C)s1.Cc1csc(C)c1.Cc1csc(C)n1. The number of hydrogen-bond acceptors (Lipinski definition) is 10. The molecule has 0 saturated heterocycles. The molecule has 0 radical (unpaired) electrons. The smallest absolute Gasteiger partial charge is 0.101 e. The fourth-order valence-electron chi connectivity index (χ4n) is 5.71. The Morgan fingerprint density at radius 1 is 0.351 bits per heavy atom. The van der Waals surface area contributed by atoms with E-state index in [2.05, 4.69) is 182 Å². The number of aromatic nitrogens is 6. The minimum absolute atomic E-state index is 0.984. The Bertz CT molecular complexity index is 2370. The van der Waals surface area contributed by atoms with Crippen molar-refractivity contribution in [1.29, 1.82) is 0 Å². The molecule has 0 aliphatic carbocycles. The number of nitrogens with zero attached hydrogens (tertiary/aromatic N) is 5. The second-order valence-electron chi connectivity index (χ2n) is 18.0. The van der Waals surface area contributed by atoms with Crippen LogP contribution in [0.15, 0.2) is 143 Å². The maximum atomic E-state index is 5.08. The van der Waals surface area contributed by atoms with Gasteiger partial charge in [0.25, 0.3) is 0 Å². The van der Waals surface area contributed by atoms with Crippen LogP contribution in [0.3, 0.4) is 0 Å². The summed E-state index contributed by atoms with van der Waals surface area (Å²) in [5.74, 6) is 1.97. The average molecular weight is 1070 g/mol. The van der Waals surface area contributed by atoms with Gasteiger partial charge in [-0.3, -0.25) is 15.1 Å². The van der Waals surface area contributed by atoms with Gasteiger partial charge >= 0.3 is 0 Å². The molecule has 11 heteroatoms. The van der Waals surface area contributed by atoms with E-state index in [0.29, 0.717) is 0 Å². The van der Waals surface area contributed by atoms with Crippen LogP contribution in [0.2, 0.25) is 0 Å². The molecule has 0 unspecified atom stereocenters. The van der Waals surface area contributed by atoms with Crippen LogP contribution in [0.25, 0.3) is 0 Å². The Morgan fingerprint density at radius 2 is 0.851 bits per heavy atom. The number of aromatic amines is 1. The van der Waals surface area contributed by atoms with Gasteiger partial charge in [-0.05, 0) is 209 Å². The molecule has 2 aromatic carbocycles. The molecule has 0 bridgehead atoms. The van der Waals surface area contributed by atoms with Crippen LogP contribution in [0, 0.1) is 138 Å². The molecule has 0 aliphatic heterocycles. The highest BCUT2D eigenvalue weighted by molar-refractivity contribution is 7.12. The van der Waals surface area contributed by atoms with E-state index in [1.165, 1.54) is 58.5 Å². The molecule has 0 amide bonds. The van der Waals surface area contributed by atoms with E-state index in [1.54, 1.807) is 34.0 Å². The molecule has 1 N–H and O–H groups in total. The number of thiazole rings is 2. The zero-order chi connectivity index (χ0) is 55.6. The summed E-state index contributed by atoms with van der Waals surface area (Å²) in [7, 11) is 0. The number of benzene rings is 2. The highest BCUT2D eigenvalue weighted by atomic mass is 32.1. The van der Waals surface area contributed by atoms with E-state index in [4.69, 9.17) is 4.42 Å². The highest BCUT2D eigenvalue weighted by Gasteiger charge is 1.90. The number of pyridine rings is 2. The number of furan rings is 1. The second-order valence-corrected chi connectivity index (χ2v) is 23.1. The number of rotatable bonds is 0. The van der Waals surface area contributed by atoms with E-state index >= 15 is 0 Å². The molecule has 0 aliphatic rings. The van der Waals surface area contributed by atoms with Crippen LogP contribution in [0.4, 0.5) is 0 Å². The average Bonchev–Trinajstić information content (AvgIpc) is 4.23. The van der Waals surface area contributed by atoms with Crippen molar-refractivity contribution < 1.29 is 4.42 Å². The second kappa shape index (κ2) is 37.6. The van der Waals surface area contributed by atoms with Crippen molar-refractivity contribution in [1.82, 2.24) is 30.1 Å². The Kier molecular flexibility index (Phi) is 33.5. The molecule has 10 rings (SSSR count). The zero-order valence-corrected chi connectivity index (χ0v) is 51.3. The zero-order valence-electron chi connectivity index (χ0n) is 48.1. The predicted molar refractivity (Wildman–Crippen MR) is 326 cm³/mol. The van der Waals surface area contributed by atoms with Crippen LogP contribution >= 0.6 is 45.3 Å². The van der Waals surface area contributed by atoms with E-state index in [0.717, 1.165) is 50.0 Å². The lowest BCUT2D eigenvalue weighted by Gasteiger charge is -1.90. The van der Waals surface area contributed by atoms with Crippen molar-refractivity contribution in [3.05, 3.63) is 247 Å². The highest BCUT2D eigenvalue weighted by Crippen LogP contribution is 2.13. The molecule has 8 heterocycles. The van der Waals surface area contributed by atoms with Gasteiger partial charge in [-0.2, -0.15) is 5.10 Å². The van der Waals surface area contributed by atoms with E-state index in [1.807, 2.05) is 136 Å². The molecule has 0 saturated carbocycles.